The van der Waals surface area contributed by atoms with Crippen LogP contribution >= 0.6 is 11.8 Å². The lowest BCUT2D eigenvalue weighted by Crippen LogP contribution is -2.17. The summed E-state index contributed by atoms with van der Waals surface area (Å²) < 4.78 is 4.77. The molecule has 3 heterocycles. The molecular formula is C15H16N10S. The lowest BCUT2D eigenvalue weighted by atomic mass is 10.3. The largest absolute Gasteiger partial charge is 0.334 e. The van der Waals surface area contributed by atoms with Crippen molar-refractivity contribution in [3.63, 3.8) is 0 Å². The smallest absolute Gasteiger partial charge is 0.271 e. The molecular weight excluding hydrogens is 352 g/mol. The van der Waals surface area contributed by atoms with Crippen molar-refractivity contribution in [2.45, 2.75) is 24.8 Å². The molecule has 0 fully saturated rings. The van der Waals surface area contributed by atoms with Crippen LogP contribution in [0.2, 0.25) is 0 Å². The number of tetrazole rings is 1. The molecule has 26 heavy (non-hydrogen) atoms. The summed E-state index contributed by atoms with van der Waals surface area (Å²) in [4.78, 5) is 0. The van der Waals surface area contributed by atoms with Gasteiger partial charge in [-0.15, -0.1) is 15.3 Å². The Morgan fingerprint density at radius 3 is 2.58 bits per heavy atom. The molecule has 0 aliphatic heterocycles. The van der Waals surface area contributed by atoms with E-state index in [1.165, 1.54) is 16.4 Å². The Morgan fingerprint density at radius 2 is 1.85 bits per heavy atom. The van der Waals surface area contributed by atoms with Crippen LogP contribution in [0.15, 0.2) is 41.6 Å². The number of hydrogen-bond acceptors (Lipinski definition) is 8. The molecule has 0 saturated heterocycles. The van der Waals surface area contributed by atoms with E-state index < -0.39 is 0 Å². The van der Waals surface area contributed by atoms with Crippen LogP contribution in [0, 0.1) is 13.8 Å². The number of aromatic nitrogens is 9. The fourth-order valence-corrected chi connectivity index (χ4v) is 3.30. The van der Waals surface area contributed by atoms with Gasteiger partial charge in [-0.25, -0.2) is 9.36 Å². The second kappa shape index (κ2) is 6.59. The second-order valence-corrected chi connectivity index (χ2v) is 6.57. The molecule has 0 bridgehead atoms. The van der Waals surface area contributed by atoms with E-state index in [0.717, 1.165) is 17.1 Å². The SMILES string of the molecule is Cc1cc(C)n(-c2nnc(SCc3nnnn3-c3ccccc3)n2N)n1. The van der Waals surface area contributed by atoms with Gasteiger partial charge in [0.1, 0.15) is 0 Å². The summed E-state index contributed by atoms with van der Waals surface area (Å²) in [5.41, 5.74) is 2.72. The van der Waals surface area contributed by atoms with Crippen LogP contribution in [-0.4, -0.2) is 44.9 Å². The average Bonchev–Trinajstić information content (AvgIpc) is 3.33. The molecule has 0 radical (unpaired) electrons. The Morgan fingerprint density at radius 1 is 1.04 bits per heavy atom. The minimum absolute atomic E-state index is 0.459. The molecule has 0 aliphatic carbocycles. The molecule has 0 unspecified atom stereocenters. The van der Waals surface area contributed by atoms with E-state index in [9.17, 15) is 0 Å². The first-order valence-corrected chi connectivity index (χ1v) is 8.81. The first kappa shape index (κ1) is 16.3. The molecule has 0 saturated carbocycles. The molecule has 0 atom stereocenters. The Balaban J connectivity index is 1.55. The van der Waals surface area contributed by atoms with Crippen molar-refractivity contribution in [3.8, 4) is 11.6 Å². The van der Waals surface area contributed by atoms with Crippen molar-refractivity contribution in [2.75, 3.05) is 5.84 Å². The van der Waals surface area contributed by atoms with Gasteiger partial charge < -0.3 is 5.84 Å². The highest BCUT2D eigenvalue weighted by molar-refractivity contribution is 7.98. The zero-order valence-corrected chi connectivity index (χ0v) is 15.0. The highest BCUT2D eigenvalue weighted by Crippen LogP contribution is 2.21. The van der Waals surface area contributed by atoms with Crippen LogP contribution in [0.1, 0.15) is 17.2 Å². The van der Waals surface area contributed by atoms with Crippen molar-refractivity contribution in [1.29, 1.82) is 0 Å². The summed E-state index contributed by atoms with van der Waals surface area (Å²) in [5.74, 6) is 7.80. The van der Waals surface area contributed by atoms with Gasteiger partial charge in [0.2, 0.25) is 5.16 Å². The lowest BCUT2D eigenvalue weighted by molar-refractivity contribution is 0.726. The summed E-state index contributed by atoms with van der Waals surface area (Å²) in [6.45, 7) is 3.86. The normalized spacial score (nSPS) is 11.2. The molecule has 11 heteroatoms. The molecule has 4 aromatic rings. The van der Waals surface area contributed by atoms with Gasteiger partial charge in [0.15, 0.2) is 5.82 Å². The van der Waals surface area contributed by atoms with Crippen LogP contribution < -0.4 is 5.84 Å². The Labute approximate surface area is 153 Å². The Hall–Kier alpha value is -3.21. The van der Waals surface area contributed by atoms with Gasteiger partial charge in [0.25, 0.3) is 5.95 Å². The number of nitrogen functional groups attached to an aromatic ring is 1. The molecule has 10 nitrogen and oxygen atoms in total. The van der Waals surface area contributed by atoms with Crippen molar-refractivity contribution < 1.29 is 0 Å². The van der Waals surface area contributed by atoms with E-state index in [2.05, 4.69) is 30.8 Å². The Bertz CT molecular complexity index is 1030. The lowest BCUT2D eigenvalue weighted by Gasteiger charge is -2.05. The topological polar surface area (TPSA) is 118 Å². The third kappa shape index (κ3) is 2.92. The zero-order valence-electron chi connectivity index (χ0n) is 14.2. The maximum atomic E-state index is 6.15. The van der Waals surface area contributed by atoms with E-state index in [4.69, 9.17) is 5.84 Å². The van der Waals surface area contributed by atoms with Gasteiger partial charge >= 0.3 is 0 Å². The summed E-state index contributed by atoms with van der Waals surface area (Å²) in [5, 5.41) is 25.1. The van der Waals surface area contributed by atoms with Gasteiger partial charge in [0.05, 0.1) is 17.1 Å². The van der Waals surface area contributed by atoms with Gasteiger partial charge in [-0.2, -0.15) is 9.78 Å². The van der Waals surface area contributed by atoms with Crippen LogP contribution in [-0.2, 0) is 5.75 Å². The van der Waals surface area contributed by atoms with Crippen molar-refractivity contribution >= 4 is 11.8 Å². The van der Waals surface area contributed by atoms with Gasteiger partial charge in [0, 0.05) is 5.69 Å². The number of nitrogens with zero attached hydrogens (tertiary/aromatic N) is 9. The molecule has 4 rings (SSSR count). The predicted molar refractivity (Wildman–Crippen MR) is 95.5 cm³/mol. The van der Waals surface area contributed by atoms with Crippen molar-refractivity contribution in [1.82, 2.24) is 44.9 Å². The Kier molecular flexibility index (Phi) is 4.13. The fourth-order valence-electron chi connectivity index (χ4n) is 2.54. The van der Waals surface area contributed by atoms with Crippen molar-refractivity contribution in [2.24, 2.45) is 0 Å². The van der Waals surface area contributed by atoms with Gasteiger partial charge in [-0.3, -0.25) is 0 Å². The summed E-state index contributed by atoms with van der Waals surface area (Å²) >= 11 is 1.40. The summed E-state index contributed by atoms with van der Waals surface area (Å²) in [6.07, 6.45) is 0. The van der Waals surface area contributed by atoms with Crippen LogP contribution in [0.25, 0.3) is 11.6 Å². The van der Waals surface area contributed by atoms with E-state index >= 15 is 0 Å². The van der Waals surface area contributed by atoms with Crippen LogP contribution in [0.4, 0.5) is 0 Å². The maximum Gasteiger partial charge on any atom is 0.271 e. The number of rotatable bonds is 5. The number of nitrogens with two attached hydrogens (primary N) is 1. The van der Waals surface area contributed by atoms with Gasteiger partial charge in [-0.1, -0.05) is 30.0 Å². The minimum Gasteiger partial charge on any atom is -0.334 e. The highest BCUT2D eigenvalue weighted by atomic mass is 32.2. The standard InChI is InChI=1S/C15H16N10S/c1-10-8-11(2)24(20-10)14-18-19-15(23(14)16)26-9-13-17-21-22-25(13)12-6-4-3-5-7-12/h3-8H,9,16H2,1-2H3. The van der Waals surface area contributed by atoms with Crippen molar-refractivity contribution in [3.05, 3.63) is 53.6 Å². The van der Waals surface area contributed by atoms with E-state index in [0.29, 0.717) is 22.7 Å². The molecule has 3 aromatic heterocycles. The molecule has 0 aliphatic rings. The second-order valence-electron chi connectivity index (χ2n) is 5.62. The molecule has 0 amide bonds. The van der Waals surface area contributed by atoms with Crippen LogP contribution in [0.3, 0.4) is 0 Å². The van der Waals surface area contributed by atoms with E-state index in [-0.39, 0.29) is 0 Å². The van der Waals surface area contributed by atoms with Gasteiger partial charge in [-0.05, 0) is 42.5 Å². The number of para-hydroxylation sites is 1. The monoisotopic (exact) mass is 368 g/mol. The zero-order chi connectivity index (χ0) is 18.1. The minimum atomic E-state index is 0.459. The van der Waals surface area contributed by atoms with E-state index in [1.807, 2.05) is 50.2 Å². The van der Waals surface area contributed by atoms with E-state index in [1.54, 1.807) is 9.36 Å². The average molecular weight is 368 g/mol. The number of benzene rings is 1. The predicted octanol–water partition coefficient (Wildman–Crippen LogP) is 1.06. The third-order valence-electron chi connectivity index (χ3n) is 3.71. The first-order valence-electron chi connectivity index (χ1n) is 7.83. The molecule has 1 aromatic carbocycles. The number of aryl methyl sites for hydroxylation is 2. The maximum absolute atomic E-state index is 6.15. The third-order valence-corrected chi connectivity index (χ3v) is 4.65. The van der Waals surface area contributed by atoms with Crippen LogP contribution in [0.5, 0.6) is 0 Å². The number of thioether (sulfide) groups is 1. The molecule has 132 valence electrons. The molecule has 2 N–H and O–H groups in total. The number of hydrogen-bond donors (Lipinski definition) is 1. The molecule has 0 spiro atoms. The quantitative estimate of drug-likeness (QED) is 0.410. The first-order chi connectivity index (χ1) is 12.6. The highest BCUT2D eigenvalue weighted by Gasteiger charge is 2.16. The summed E-state index contributed by atoms with van der Waals surface area (Å²) in [7, 11) is 0. The summed E-state index contributed by atoms with van der Waals surface area (Å²) in [6, 6.07) is 11.7. The fraction of sp³-hybridized carbons (Fsp3) is 0.200.